The molecule has 1 rings (SSSR count). The van der Waals surface area contributed by atoms with Gasteiger partial charge in [0.2, 0.25) is 0 Å². The third kappa shape index (κ3) is 11.7. The fraction of sp³-hybridized carbons (Fsp3) is 0.680. The summed E-state index contributed by atoms with van der Waals surface area (Å²) in [4.78, 5) is 24.6. The number of carbonyl (C=O) groups excluding carboxylic acids is 2. The van der Waals surface area contributed by atoms with Crippen LogP contribution in [0.2, 0.25) is 0 Å². The first-order chi connectivity index (χ1) is 14.2. The van der Waals surface area contributed by atoms with E-state index in [4.69, 9.17) is 9.47 Å². The van der Waals surface area contributed by atoms with E-state index in [1.807, 2.05) is 0 Å². The lowest BCUT2D eigenvalue weighted by Gasteiger charge is -2.10. The first-order valence-electron chi connectivity index (χ1n) is 11.6. The summed E-state index contributed by atoms with van der Waals surface area (Å²) in [6.45, 7) is 5.12. The molecule has 0 saturated heterocycles. The van der Waals surface area contributed by atoms with Gasteiger partial charge >= 0.3 is 11.9 Å². The molecule has 0 atom stereocenters. The van der Waals surface area contributed by atoms with Gasteiger partial charge in [0.25, 0.3) is 0 Å². The smallest absolute Gasteiger partial charge is 0.339 e. The molecule has 0 aliphatic heterocycles. The van der Waals surface area contributed by atoms with E-state index in [1.54, 1.807) is 24.3 Å². The maximum Gasteiger partial charge on any atom is 0.339 e. The van der Waals surface area contributed by atoms with E-state index in [1.165, 1.54) is 51.4 Å². The predicted octanol–water partition coefficient (Wildman–Crippen LogP) is 7.11. The largest absolute Gasteiger partial charge is 0.462 e. The number of ether oxygens (including phenoxy) is 2. The number of hydrogen-bond acceptors (Lipinski definition) is 4. The molecule has 164 valence electrons. The van der Waals surface area contributed by atoms with E-state index in [9.17, 15) is 9.59 Å². The molecule has 0 heterocycles. The molecule has 0 radical (unpaired) electrons. The second kappa shape index (κ2) is 17.1. The molecule has 4 heteroatoms. The summed E-state index contributed by atoms with van der Waals surface area (Å²) in [6.07, 6.45) is 15.3. The van der Waals surface area contributed by atoms with Crippen LogP contribution in [0.4, 0.5) is 0 Å². The zero-order valence-corrected chi connectivity index (χ0v) is 18.5. The lowest BCUT2D eigenvalue weighted by atomic mass is 10.1. The van der Waals surface area contributed by atoms with Crippen LogP contribution in [0.5, 0.6) is 0 Å². The zero-order valence-electron chi connectivity index (χ0n) is 18.5. The fourth-order valence-corrected chi connectivity index (χ4v) is 3.27. The van der Waals surface area contributed by atoms with Gasteiger partial charge in [0.15, 0.2) is 0 Å². The van der Waals surface area contributed by atoms with Crippen LogP contribution >= 0.6 is 0 Å². The minimum absolute atomic E-state index is 0.289. The average Bonchev–Trinajstić information content (AvgIpc) is 2.74. The molecule has 0 aliphatic carbocycles. The van der Waals surface area contributed by atoms with Gasteiger partial charge in [-0.2, -0.15) is 0 Å². The number of benzene rings is 1. The van der Waals surface area contributed by atoms with Gasteiger partial charge in [0, 0.05) is 0 Å². The monoisotopic (exact) mass is 404 g/mol. The molecule has 0 spiro atoms. The van der Waals surface area contributed by atoms with Crippen LogP contribution in [0, 0.1) is 0 Å². The van der Waals surface area contributed by atoms with E-state index in [2.05, 4.69) is 13.8 Å². The van der Waals surface area contributed by atoms with Crippen LogP contribution in [-0.2, 0) is 9.47 Å². The normalized spacial score (nSPS) is 10.7. The van der Waals surface area contributed by atoms with E-state index in [-0.39, 0.29) is 5.56 Å². The van der Waals surface area contributed by atoms with Gasteiger partial charge in [0.1, 0.15) is 0 Å². The molecule has 4 nitrogen and oxygen atoms in total. The maximum atomic E-state index is 12.4. The molecule has 0 N–H and O–H groups in total. The van der Waals surface area contributed by atoms with E-state index in [0.717, 1.165) is 32.1 Å². The van der Waals surface area contributed by atoms with E-state index < -0.39 is 11.9 Å². The topological polar surface area (TPSA) is 52.6 Å². The highest BCUT2D eigenvalue weighted by atomic mass is 16.5. The van der Waals surface area contributed by atoms with Gasteiger partial charge in [-0.3, -0.25) is 0 Å². The predicted molar refractivity (Wildman–Crippen MR) is 118 cm³/mol. The van der Waals surface area contributed by atoms with Gasteiger partial charge in [-0.25, -0.2) is 9.59 Å². The number of rotatable bonds is 17. The Hall–Kier alpha value is -1.84. The second-order valence-corrected chi connectivity index (χ2v) is 7.71. The van der Waals surface area contributed by atoms with Crippen LogP contribution < -0.4 is 0 Å². The summed E-state index contributed by atoms with van der Waals surface area (Å²) < 4.78 is 10.7. The Bertz CT molecular complexity index is 568. The van der Waals surface area contributed by atoms with Gasteiger partial charge in [-0.1, -0.05) is 96.6 Å². The van der Waals surface area contributed by atoms with Gasteiger partial charge in [-0.05, 0) is 25.0 Å². The van der Waals surface area contributed by atoms with Crippen LogP contribution in [-0.4, -0.2) is 25.2 Å². The van der Waals surface area contributed by atoms with Crippen LogP contribution in [0.3, 0.4) is 0 Å². The summed E-state index contributed by atoms with van der Waals surface area (Å²) in [5.74, 6) is -0.894. The lowest BCUT2D eigenvalue weighted by molar-refractivity contribution is 0.0450. The summed E-state index contributed by atoms with van der Waals surface area (Å²) in [5, 5.41) is 0. The summed E-state index contributed by atoms with van der Waals surface area (Å²) in [6, 6.07) is 6.73. The minimum Gasteiger partial charge on any atom is -0.462 e. The standard InChI is InChI=1S/C25H40O4/c1-3-5-7-8-9-10-11-12-13-17-21-29-25(27)23-19-15-14-18-22(23)24(26)28-20-16-6-4-2/h14-15,18-19H,3-13,16-17,20-21H2,1-2H3. The molecule has 0 saturated carbocycles. The van der Waals surface area contributed by atoms with Crippen LogP contribution in [0.15, 0.2) is 24.3 Å². The number of esters is 2. The Morgan fingerprint density at radius 3 is 1.38 bits per heavy atom. The Kier molecular flexibility index (Phi) is 14.8. The zero-order chi connectivity index (χ0) is 21.2. The first-order valence-corrected chi connectivity index (χ1v) is 11.6. The Morgan fingerprint density at radius 2 is 0.931 bits per heavy atom. The highest BCUT2D eigenvalue weighted by Gasteiger charge is 2.18. The van der Waals surface area contributed by atoms with Gasteiger partial charge in [0.05, 0.1) is 24.3 Å². The molecular weight excluding hydrogens is 364 g/mol. The molecular formula is C25H40O4. The average molecular weight is 405 g/mol. The van der Waals surface area contributed by atoms with Crippen molar-refractivity contribution in [1.82, 2.24) is 0 Å². The molecule has 1 aromatic rings. The van der Waals surface area contributed by atoms with Crippen molar-refractivity contribution in [3.8, 4) is 0 Å². The molecule has 0 bridgehead atoms. The third-order valence-corrected chi connectivity index (χ3v) is 5.08. The molecule has 0 aliphatic rings. The summed E-state index contributed by atoms with van der Waals surface area (Å²) >= 11 is 0. The fourth-order valence-electron chi connectivity index (χ4n) is 3.27. The number of carbonyl (C=O) groups is 2. The van der Waals surface area contributed by atoms with Crippen molar-refractivity contribution in [3.05, 3.63) is 35.4 Å². The summed E-state index contributed by atoms with van der Waals surface area (Å²) in [7, 11) is 0. The van der Waals surface area contributed by atoms with Gasteiger partial charge in [-0.15, -0.1) is 0 Å². The maximum absolute atomic E-state index is 12.4. The van der Waals surface area contributed by atoms with Crippen molar-refractivity contribution in [2.24, 2.45) is 0 Å². The number of unbranched alkanes of at least 4 members (excludes halogenated alkanes) is 11. The van der Waals surface area contributed by atoms with Crippen molar-refractivity contribution in [2.45, 2.75) is 97.3 Å². The van der Waals surface area contributed by atoms with Crippen molar-refractivity contribution in [3.63, 3.8) is 0 Å². The summed E-state index contributed by atoms with van der Waals surface area (Å²) in [5.41, 5.74) is 0.581. The number of hydrogen-bond donors (Lipinski definition) is 0. The van der Waals surface area contributed by atoms with Crippen LogP contribution in [0.1, 0.15) is 118 Å². The lowest BCUT2D eigenvalue weighted by Crippen LogP contribution is -2.15. The molecule has 0 fully saturated rings. The van der Waals surface area contributed by atoms with Gasteiger partial charge < -0.3 is 9.47 Å². The van der Waals surface area contributed by atoms with Crippen molar-refractivity contribution in [2.75, 3.05) is 13.2 Å². The Balaban J connectivity index is 2.23. The molecule has 29 heavy (non-hydrogen) atoms. The highest BCUT2D eigenvalue weighted by molar-refractivity contribution is 6.03. The third-order valence-electron chi connectivity index (χ3n) is 5.08. The molecule has 1 aromatic carbocycles. The van der Waals surface area contributed by atoms with Crippen molar-refractivity contribution in [1.29, 1.82) is 0 Å². The van der Waals surface area contributed by atoms with Crippen molar-refractivity contribution >= 4 is 11.9 Å². The second-order valence-electron chi connectivity index (χ2n) is 7.71. The van der Waals surface area contributed by atoms with Crippen LogP contribution in [0.25, 0.3) is 0 Å². The quantitative estimate of drug-likeness (QED) is 0.205. The SMILES string of the molecule is CCCCCCCCCCCCOC(=O)c1ccccc1C(=O)OCCCCC. The first kappa shape index (κ1) is 25.2. The molecule has 0 aromatic heterocycles. The Labute approximate surface area is 177 Å². The minimum atomic E-state index is -0.451. The Morgan fingerprint density at radius 1 is 0.586 bits per heavy atom. The molecule has 0 unspecified atom stereocenters. The molecule has 0 amide bonds. The van der Waals surface area contributed by atoms with E-state index >= 15 is 0 Å². The highest BCUT2D eigenvalue weighted by Crippen LogP contribution is 2.14. The van der Waals surface area contributed by atoms with E-state index in [0.29, 0.717) is 18.8 Å². The van der Waals surface area contributed by atoms with Crippen molar-refractivity contribution < 1.29 is 19.1 Å².